The van der Waals surface area contributed by atoms with Gasteiger partial charge in [-0.3, -0.25) is 0 Å². The maximum Gasteiger partial charge on any atom is 0.326 e. The van der Waals surface area contributed by atoms with Crippen LogP contribution in [0.3, 0.4) is 0 Å². The third kappa shape index (κ3) is 5.53. The van der Waals surface area contributed by atoms with Crippen molar-refractivity contribution in [3.05, 3.63) is 0 Å². The number of carboxylic acid groups (broad SMARTS) is 1. The van der Waals surface area contributed by atoms with Crippen molar-refractivity contribution < 1.29 is 14.7 Å². The number of urea groups is 1. The number of hydrogen-bond acceptors (Lipinski definition) is 3. The normalized spacial score (nSPS) is 11.7. The summed E-state index contributed by atoms with van der Waals surface area (Å²) in [6.07, 6.45) is 1.31. The molecule has 0 spiro atoms. The topological polar surface area (TPSA) is 93.4 Å². The Labute approximate surface area is 108 Å². The minimum atomic E-state index is -1.03. The fraction of sp³-hybridized carbons (Fsp3) is 0.750. The van der Waals surface area contributed by atoms with Crippen molar-refractivity contribution >= 4 is 12.0 Å². The van der Waals surface area contributed by atoms with Gasteiger partial charge in [-0.2, -0.15) is 5.26 Å². The van der Waals surface area contributed by atoms with Crippen LogP contribution in [0.4, 0.5) is 4.79 Å². The monoisotopic (exact) mass is 255 g/mol. The largest absolute Gasteiger partial charge is 0.480 e. The highest BCUT2D eigenvalue weighted by Crippen LogP contribution is 2.03. The number of carbonyl (C=O) groups excluding carboxylic acids is 1. The van der Waals surface area contributed by atoms with Gasteiger partial charge in [-0.05, 0) is 20.3 Å². The van der Waals surface area contributed by atoms with E-state index in [1.54, 1.807) is 0 Å². The number of amides is 2. The van der Waals surface area contributed by atoms with Gasteiger partial charge in [-0.15, -0.1) is 0 Å². The van der Waals surface area contributed by atoms with Crippen LogP contribution >= 0.6 is 0 Å². The van der Waals surface area contributed by atoms with E-state index in [1.165, 1.54) is 4.90 Å². The Morgan fingerprint density at radius 2 is 2.06 bits per heavy atom. The number of nitrogens with one attached hydrogen (secondary N) is 1. The molecule has 0 heterocycles. The van der Waals surface area contributed by atoms with Gasteiger partial charge in [0.1, 0.15) is 6.04 Å². The van der Waals surface area contributed by atoms with Crippen molar-refractivity contribution in [1.82, 2.24) is 10.2 Å². The minimum Gasteiger partial charge on any atom is -0.480 e. The molecular formula is C12H21N3O3. The second kappa shape index (κ2) is 8.34. The quantitative estimate of drug-likeness (QED) is 0.722. The molecule has 18 heavy (non-hydrogen) atoms. The third-order valence-corrected chi connectivity index (χ3v) is 2.52. The zero-order valence-electron chi connectivity index (χ0n) is 11.1. The maximum absolute atomic E-state index is 11.9. The molecule has 0 aromatic heterocycles. The number of nitriles is 1. The third-order valence-electron chi connectivity index (χ3n) is 2.52. The van der Waals surface area contributed by atoms with Gasteiger partial charge in [-0.25, -0.2) is 9.59 Å². The Hall–Kier alpha value is -1.77. The summed E-state index contributed by atoms with van der Waals surface area (Å²) >= 11 is 0. The first kappa shape index (κ1) is 16.2. The summed E-state index contributed by atoms with van der Waals surface area (Å²) in [5, 5.41) is 20.0. The van der Waals surface area contributed by atoms with E-state index in [9.17, 15) is 9.59 Å². The highest BCUT2D eigenvalue weighted by molar-refractivity contribution is 5.82. The Bertz CT molecular complexity index is 323. The van der Waals surface area contributed by atoms with E-state index in [0.717, 1.165) is 0 Å². The van der Waals surface area contributed by atoms with Crippen LogP contribution in [0.5, 0.6) is 0 Å². The van der Waals surface area contributed by atoms with Gasteiger partial charge in [0.25, 0.3) is 0 Å². The zero-order chi connectivity index (χ0) is 14.1. The first-order valence-electron chi connectivity index (χ1n) is 6.10. The number of hydrogen-bond donors (Lipinski definition) is 2. The lowest BCUT2D eigenvalue weighted by atomic mass is 10.2. The van der Waals surface area contributed by atoms with Gasteiger partial charge in [0, 0.05) is 12.6 Å². The van der Waals surface area contributed by atoms with Crippen LogP contribution in [-0.4, -0.2) is 40.6 Å². The van der Waals surface area contributed by atoms with E-state index >= 15 is 0 Å². The van der Waals surface area contributed by atoms with Crippen LogP contribution in [-0.2, 0) is 4.79 Å². The van der Waals surface area contributed by atoms with Gasteiger partial charge in [-0.1, -0.05) is 13.3 Å². The summed E-state index contributed by atoms with van der Waals surface area (Å²) in [7, 11) is 0. The smallest absolute Gasteiger partial charge is 0.326 e. The second-order valence-corrected chi connectivity index (χ2v) is 4.32. The molecule has 2 amide bonds. The summed E-state index contributed by atoms with van der Waals surface area (Å²) in [6, 6.07) is 0.597. The minimum absolute atomic E-state index is 0.0746. The highest BCUT2D eigenvalue weighted by atomic mass is 16.4. The second-order valence-electron chi connectivity index (χ2n) is 4.32. The molecule has 0 aliphatic carbocycles. The molecule has 0 bridgehead atoms. The van der Waals surface area contributed by atoms with Gasteiger partial charge in [0.2, 0.25) is 0 Å². The van der Waals surface area contributed by atoms with Crippen molar-refractivity contribution in [2.45, 2.75) is 52.1 Å². The molecule has 6 nitrogen and oxygen atoms in total. The summed E-state index contributed by atoms with van der Waals surface area (Å²) in [4.78, 5) is 24.3. The number of carbonyl (C=O) groups is 2. The van der Waals surface area contributed by atoms with Crippen molar-refractivity contribution in [1.29, 1.82) is 5.26 Å². The van der Waals surface area contributed by atoms with Crippen LogP contribution < -0.4 is 5.32 Å². The molecule has 1 unspecified atom stereocenters. The molecule has 1 atom stereocenters. The lowest BCUT2D eigenvalue weighted by Crippen LogP contribution is -2.50. The van der Waals surface area contributed by atoms with Crippen molar-refractivity contribution in [2.24, 2.45) is 0 Å². The Morgan fingerprint density at radius 3 is 2.44 bits per heavy atom. The zero-order valence-corrected chi connectivity index (χ0v) is 11.1. The van der Waals surface area contributed by atoms with E-state index in [0.29, 0.717) is 19.4 Å². The molecule has 0 radical (unpaired) electrons. The lowest BCUT2D eigenvalue weighted by molar-refractivity contribution is -0.139. The van der Waals surface area contributed by atoms with E-state index < -0.39 is 18.0 Å². The van der Waals surface area contributed by atoms with Crippen LogP contribution in [0.25, 0.3) is 0 Å². The van der Waals surface area contributed by atoms with E-state index in [1.807, 2.05) is 26.8 Å². The molecule has 6 heteroatoms. The van der Waals surface area contributed by atoms with Gasteiger partial charge in [0.15, 0.2) is 0 Å². The Morgan fingerprint density at radius 1 is 1.44 bits per heavy atom. The fourth-order valence-corrected chi connectivity index (χ4v) is 1.54. The predicted octanol–water partition coefficient (Wildman–Crippen LogP) is 1.57. The Kier molecular flexibility index (Phi) is 7.52. The summed E-state index contributed by atoms with van der Waals surface area (Å²) in [6.45, 7) is 5.82. The van der Waals surface area contributed by atoms with Crippen molar-refractivity contribution in [3.63, 3.8) is 0 Å². The van der Waals surface area contributed by atoms with Crippen LogP contribution in [0.2, 0.25) is 0 Å². The molecule has 0 aromatic carbocycles. The predicted molar refractivity (Wildman–Crippen MR) is 66.9 cm³/mol. The van der Waals surface area contributed by atoms with Crippen LogP contribution in [0, 0.1) is 11.3 Å². The molecule has 2 N–H and O–H groups in total. The molecule has 0 aliphatic heterocycles. The summed E-state index contributed by atoms with van der Waals surface area (Å²) < 4.78 is 0. The standard InChI is InChI=1S/C12H21N3O3/c1-4-6-10(11(16)17)14-12(18)15(9(2)3)8-5-7-13/h9-10H,4-6,8H2,1-3H3,(H,14,18)(H,16,17). The molecular weight excluding hydrogens is 234 g/mol. The molecule has 0 aromatic rings. The van der Waals surface area contributed by atoms with E-state index in [-0.39, 0.29) is 12.5 Å². The molecule has 0 rings (SSSR count). The number of carboxylic acids is 1. The van der Waals surface area contributed by atoms with Crippen molar-refractivity contribution in [3.8, 4) is 6.07 Å². The number of nitrogens with zero attached hydrogens (tertiary/aromatic N) is 2. The molecule has 0 aliphatic rings. The molecule has 0 saturated heterocycles. The van der Waals surface area contributed by atoms with Gasteiger partial charge >= 0.3 is 12.0 Å². The van der Waals surface area contributed by atoms with Gasteiger partial charge in [0.05, 0.1) is 12.5 Å². The SMILES string of the molecule is CCCC(NC(=O)N(CCC#N)C(C)C)C(=O)O. The highest BCUT2D eigenvalue weighted by Gasteiger charge is 2.23. The maximum atomic E-state index is 11.9. The molecule has 0 fully saturated rings. The lowest BCUT2D eigenvalue weighted by Gasteiger charge is -2.27. The van der Waals surface area contributed by atoms with E-state index in [2.05, 4.69) is 5.32 Å². The number of aliphatic carboxylic acids is 1. The average molecular weight is 255 g/mol. The molecule has 0 saturated carbocycles. The fourth-order valence-electron chi connectivity index (χ4n) is 1.54. The summed E-state index contributed by atoms with van der Waals surface area (Å²) in [5.41, 5.74) is 0. The number of rotatable bonds is 7. The molecule has 102 valence electrons. The van der Waals surface area contributed by atoms with Crippen molar-refractivity contribution in [2.75, 3.05) is 6.54 Å². The van der Waals surface area contributed by atoms with Gasteiger partial charge < -0.3 is 15.3 Å². The Balaban J connectivity index is 4.57. The first-order valence-corrected chi connectivity index (χ1v) is 6.10. The average Bonchev–Trinajstić information content (AvgIpc) is 2.28. The first-order chi connectivity index (χ1) is 8.43. The van der Waals surface area contributed by atoms with Crippen LogP contribution in [0.1, 0.15) is 40.0 Å². The van der Waals surface area contributed by atoms with Crippen LogP contribution in [0.15, 0.2) is 0 Å². The summed E-state index contributed by atoms with van der Waals surface area (Å²) in [5.74, 6) is -1.03. The van der Waals surface area contributed by atoms with E-state index in [4.69, 9.17) is 10.4 Å².